The van der Waals surface area contributed by atoms with Gasteiger partial charge in [0.25, 0.3) is 0 Å². The van der Waals surface area contributed by atoms with Crippen molar-refractivity contribution < 1.29 is 18.7 Å². The van der Waals surface area contributed by atoms with Crippen LogP contribution in [-0.2, 0) is 14.3 Å². The highest BCUT2D eigenvalue weighted by atomic mass is 79.9. The Kier molecular flexibility index (Phi) is 7.02. The van der Waals surface area contributed by atoms with Crippen LogP contribution < -0.4 is 5.32 Å². The Labute approximate surface area is 196 Å². The number of benzene rings is 1. The van der Waals surface area contributed by atoms with E-state index >= 15 is 0 Å². The summed E-state index contributed by atoms with van der Waals surface area (Å²) >= 11 is 11.5. The molecular weight excluding hydrogens is 511 g/mol. The van der Waals surface area contributed by atoms with Gasteiger partial charge < -0.3 is 14.8 Å². The van der Waals surface area contributed by atoms with Gasteiger partial charge in [-0.05, 0) is 12.1 Å². The van der Waals surface area contributed by atoms with Crippen LogP contribution in [-0.4, -0.2) is 61.1 Å². The molecule has 1 fully saturated rings. The molecule has 0 aliphatic carbocycles. The number of halogens is 3. The third-order valence-corrected chi connectivity index (χ3v) is 7.04. The summed E-state index contributed by atoms with van der Waals surface area (Å²) in [6, 6.07) is 3.26. The van der Waals surface area contributed by atoms with Crippen molar-refractivity contribution in [1.82, 2.24) is 15.2 Å². The SMILES string of the molecule is COC(=O)[C@@H]1COCCN1CC1=C(Br)C(c2ccc(F)cc2Cl)N=C(c2nccs2)N1. The number of nitrogens with zero attached hydrogens (tertiary/aromatic N) is 3. The lowest BCUT2D eigenvalue weighted by molar-refractivity contribution is -0.152. The van der Waals surface area contributed by atoms with Gasteiger partial charge in [0.05, 0.1) is 20.3 Å². The number of amidine groups is 1. The van der Waals surface area contributed by atoms with E-state index in [1.54, 1.807) is 12.3 Å². The Hall–Kier alpha value is -1.85. The number of thiazole rings is 1. The van der Waals surface area contributed by atoms with Crippen molar-refractivity contribution >= 4 is 50.7 Å². The molecule has 4 rings (SSSR count). The average Bonchev–Trinajstić information content (AvgIpc) is 3.30. The fourth-order valence-corrected chi connectivity index (χ4v) is 4.89. The third-order valence-electron chi connectivity index (χ3n) is 5.02. The number of carbonyl (C=O) groups is 1. The molecule has 2 atom stereocenters. The van der Waals surface area contributed by atoms with Gasteiger partial charge in [-0.2, -0.15) is 0 Å². The van der Waals surface area contributed by atoms with Crippen LogP contribution in [0.2, 0.25) is 5.02 Å². The molecule has 3 heterocycles. The van der Waals surface area contributed by atoms with E-state index in [-0.39, 0.29) is 17.6 Å². The van der Waals surface area contributed by atoms with Crippen molar-refractivity contribution in [2.45, 2.75) is 12.1 Å². The molecule has 0 saturated carbocycles. The highest BCUT2D eigenvalue weighted by Crippen LogP contribution is 2.39. The van der Waals surface area contributed by atoms with Crippen molar-refractivity contribution in [3.63, 3.8) is 0 Å². The van der Waals surface area contributed by atoms with Crippen LogP contribution in [0.25, 0.3) is 0 Å². The molecule has 1 saturated heterocycles. The Morgan fingerprint density at radius 1 is 1.52 bits per heavy atom. The first-order valence-corrected chi connectivity index (χ1v) is 11.5. The smallest absolute Gasteiger partial charge is 0.325 e. The average molecular weight is 530 g/mol. The summed E-state index contributed by atoms with van der Waals surface area (Å²) in [6.07, 6.45) is 1.70. The largest absolute Gasteiger partial charge is 0.468 e. The molecular formula is C20H19BrClFN4O3S. The lowest BCUT2D eigenvalue weighted by atomic mass is 10.0. The van der Waals surface area contributed by atoms with Crippen molar-refractivity contribution in [3.05, 3.63) is 61.4 Å². The fraction of sp³-hybridized carbons (Fsp3) is 0.350. The Morgan fingerprint density at radius 3 is 3.06 bits per heavy atom. The lowest BCUT2D eigenvalue weighted by Crippen LogP contribution is -2.52. The van der Waals surface area contributed by atoms with Crippen LogP contribution in [0.5, 0.6) is 0 Å². The summed E-state index contributed by atoms with van der Waals surface area (Å²) in [5.74, 6) is -0.179. The molecule has 1 aromatic heterocycles. The summed E-state index contributed by atoms with van der Waals surface area (Å²) in [4.78, 5) is 23.4. The molecule has 164 valence electrons. The number of nitrogens with one attached hydrogen (secondary N) is 1. The first kappa shape index (κ1) is 22.3. The molecule has 2 aromatic rings. The van der Waals surface area contributed by atoms with Gasteiger partial charge in [0, 0.05) is 45.4 Å². The van der Waals surface area contributed by atoms with Gasteiger partial charge in [-0.25, -0.2) is 9.37 Å². The third kappa shape index (κ3) is 4.83. The van der Waals surface area contributed by atoms with E-state index in [9.17, 15) is 9.18 Å². The highest BCUT2D eigenvalue weighted by Gasteiger charge is 2.34. The maximum absolute atomic E-state index is 13.6. The number of rotatable bonds is 5. The van der Waals surface area contributed by atoms with Gasteiger partial charge in [-0.1, -0.05) is 33.6 Å². The van der Waals surface area contributed by atoms with Crippen LogP contribution in [0.3, 0.4) is 0 Å². The zero-order chi connectivity index (χ0) is 22.0. The van der Waals surface area contributed by atoms with Gasteiger partial charge in [0.15, 0.2) is 10.8 Å². The fourth-order valence-electron chi connectivity index (χ4n) is 3.46. The lowest BCUT2D eigenvalue weighted by Gasteiger charge is -2.35. The second-order valence-corrected chi connectivity index (χ2v) is 9.08. The van der Waals surface area contributed by atoms with Gasteiger partial charge >= 0.3 is 5.97 Å². The molecule has 0 spiro atoms. The molecule has 1 unspecified atom stereocenters. The minimum absolute atomic E-state index is 0.262. The van der Waals surface area contributed by atoms with E-state index in [4.69, 9.17) is 26.1 Å². The quantitative estimate of drug-likeness (QED) is 0.598. The summed E-state index contributed by atoms with van der Waals surface area (Å²) in [5, 5.41) is 6.20. The van der Waals surface area contributed by atoms with E-state index in [1.807, 2.05) is 10.3 Å². The number of aliphatic imine (C=N–C) groups is 1. The molecule has 7 nitrogen and oxygen atoms in total. The summed E-state index contributed by atoms with van der Waals surface area (Å²) < 4.78 is 24.8. The highest BCUT2D eigenvalue weighted by molar-refractivity contribution is 9.11. The van der Waals surface area contributed by atoms with Gasteiger partial charge in [0.1, 0.15) is 17.9 Å². The van der Waals surface area contributed by atoms with Crippen molar-refractivity contribution in [1.29, 1.82) is 0 Å². The first-order valence-electron chi connectivity index (χ1n) is 9.45. The summed E-state index contributed by atoms with van der Waals surface area (Å²) in [7, 11) is 1.36. The number of hydrogen-bond donors (Lipinski definition) is 1. The van der Waals surface area contributed by atoms with E-state index in [2.05, 4.69) is 26.2 Å². The van der Waals surface area contributed by atoms with Crippen molar-refractivity contribution in [3.8, 4) is 0 Å². The number of carbonyl (C=O) groups excluding carboxylic acids is 1. The zero-order valence-corrected chi connectivity index (χ0v) is 19.6. The topological polar surface area (TPSA) is 76.1 Å². The van der Waals surface area contributed by atoms with Crippen LogP contribution in [0.4, 0.5) is 4.39 Å². The number of methoxy groups -OCH3 is 1. The zero-order valence-electron chi connectivity index (χ0n) is 16.5. The molecule has 1 aromatic carbocycles. The first-order chi connectivity index (χ1) is 15.0. The molecule has 0 bridgehead atoms. The van der Waals surface area contributed by atoms with Crippen molar-refractivity contribution in [2.75, 3.05) is 33.4 Å². The monoisotopic (exact) mass is 528 g/mol. The van der Waals surface area contributed by atoms with Crippen LogP contribution >= 0.6 is 38.9 Å². The summed E-state index contributed by atoms with van der Waals surface area (Å²) in [6.45, 7) is 1.76. The van der Waals surface area contributed by atoms with Gasteiger partial charge in [-0.3, -0.25) is 14.7 Å². The number of aromatic nitrogens is 1. The molecule has 2 aliphatic rings. The minimum atomic E-state index is -0.511. The molecule has 11 heteroatoms. The molecule has 2 aliphatic heterocycles. The molecule has 0 radical (unpaired) electrons. The van der Waals surface area contributed by atoms with Crippen LogP contribution in [0.1, 0.15) is 16.6 Å². The van der Waals surface area contributed by atoms with E-state index in [1.165, 1.54) is 30.6 Å². The molecule has 1 N–H and O–H groups in total. The summed E-state index contributed by atoms with van der Waals surface area (Å²) in [5.41, 5.74) is 1.47. The van der Waals surface area contributed by atoms with Crippen molar-refractivity contribution in [2.24, 2.45) is 4.99 Å². The maximum atomic E-state index is 13.6. The Bertz CT molecular complexity index is 1030. The molecule has 0 amide bonds. The number of esters is 1. The van der Waals surface area contributed by atoms with Gasteiger partial charge in [0.2, 0.25) is 0 Å². The predicted molar refractivity (Wildman–Crippen MR) is 120 cm³/mol. The van der Waals surface area contributed by atoms with Crippen LogP contribution in [0.15, 0.2) is 44.9 Å². The minimum Gasteiger partial charge on any atom is -0.468 e. The normalized spacial score (nSPS) is 22.1. The Balaban J connectivity index is 1.70. The molecule has 31 heavy (non-hydrogen) atoms. The standard InChI is InChI=1S/C20H19BrClFN4O3S/c1-29-20(28)15-10-30-6-5-27(15)9-14-16(21)17(12-3-2-11(23)8-13(12)22)26-18(25-14)19-24-4-7-31-19/h2-4,7-8,15,17H,5-6,9-10H2,1H3,(H,25,26)/t15-,17?/m0/s1. The number of ether oxygens (including phenoxy) is 2. The van der Waals surface area contributed by atoms with E-state index < -0.39 is 17.9 Å². The van der Waals surface area contributed by atoms with E-state index in [0.29, 0.717) is 36.1 Å². The maximum Gasteiger partial charge on any atom is 0.325 e. The van der Waals surface area contributed by atoms with E-state index in [0.717, 1.165) is 10.2 Å². The van der Waals surface area contributed by atoms with Gasteiger partial charge in [-0.15, -0.1) is 11.3 Å². The second-order valence-electron chi connectivity index (χ2n) is 6.92. The number of morpholine rings is 1. The second kappa shape index (κ2) is 9.74. The predicted octanol–water partition coefficient (Wildman–Crippen LogP) is 3.51. The Morgan fingerprint density at radius 2 is 2.35 bits per heavy atom. The van der Waals surface area contributed by atoms with Crippen LogP contribution in [0, 0.1) is 5.82 Å². The number of hydrogen-bond acceptors (Lipinski definition) is 8.